The van der Waals surface area contributed by atoms with Gasteiger partial charge in [-0.2, -0.15) is 0 Å². The number of halogens is 1. The lowest BCUT2D eigenvalue weighted by Gasteiger charge is -2.33. The Morgan fingerprint density at radius 2 is 1.88 bits per heavy atom. The van der Waals surface area contributed by atoms with E-state index in [1.165, 1.54) is 10.6 Å². The highest BCUT2D eigenvalue weighted by Crippen LogP contribution is 2.17. The molecule has 0 atom stereocenters. The van der Waals surface area contributed by atoms with Crippen molar-refractivity contribution in [1.82, 2.24) is 0 Å². The van der Waals surface area contributed by atoms with Gasteiger partial charge in [-0.15, -0.1) is 0 Å². The Morgan fingerprint density at radius 3 is 2.54 bits per heavy atom. The van der Waals surface area contributed by atoms with Gasteiger partial charge in [-0.05, 0) is 48.9 Å². The van der Waals surface area contributed by atoms with E-state index in [0.29, 0.717) is 6.54 Å². The van der Waals surface area contributed by atoms with E-state index >= 15 is 0 Å². The van der Waals surface area contributed by atoms with Crippen LogP contribution in [0.3, 0.4) is 0 Å². The second-order valence-corrected chi connectivity index (χ2v) is 6.74. The van der Waals surface area contributed by atoms with Crippen molar-refractivity contribution in [1.29, 1.82) is 0 Å². The summed E-state index contributed by atoms with van der Waals surface area (Å²) >= 11 is 5.94. The molecule has 1 saturated heterocycles. The van der Waals surface area contributed by atoms with Crippen LogP contribution in [0.4, 0.5) is 11.4 Å². The van der Waals surface area contributed by atoms with Gasteiger partial charge >= 0.3 is 0 Å². The topological polar surface area (TPSA) is 36.8 Å². The molecule has 1 aliphatic heterocycles. The highest BCUT2D eigenvalue weighted by Gasteiger charge is 2.22. The van der Waals surface area contributed by atoms with E-state index in [4.69, 9.17) is 11.6 Å². The second-order valence-electron chi connectivity index (χ2n) is 6.31. The maximum atomic E-state index is 12.2. The first-order valence-corrected chi connectivity index (χ1v) is 8.68. The lowest BCUT2D eigenvalue weighted by molar-refractivity contribution is -0.892. The number of hydrogen-bond acceptors (Lipinski definition) is 2. The minimum atomic E-state index is 0.0792. The zero-order valence-corrected chi connectivity index (χ0v) is 14.6. The number of hydrogen-bond donors (Lipinski definition) is 2. The first kappa shape index (κ1) is 16.8. The Balaban J connectivity index is 1.48. The first-order valence-electron chi connectivity index (χ1n) is 8.31. The van der Waals surface area contributed by atoms with E-state index in [9.17, 15) is 4.79 Å². The maximum absolute atomic E-state index is 12.2. The van der Waals surface area contributed by atoms with Crippen molar-refractivity contribution in [2.45, 2.75) is 6.92 Å². The van der Waals surface area contributed by atoms with Crippen molar-refractivity contribution < 1.29 is 9.69 Å². The van der Waals surface area contributed by atoms with Crippen LogP contribution in [0.2, 0.25) is 5.02 Å². The molecule has 3 rings (SSSR count). The van der Waals surface area contributed by atoms with Crippen LogP contribution in [-0.4, -0.2) is 38.6 Å². The zero-order valence-electron chi connectivity index (χ0n) is 13.9. The summed E-state index contributed by atoms with van der Waals surface area (Å²) in [7, 11) is 0. The number of amides is 1. The summed E-state index contributed by atoms with van der Waals surface area (Å²) < 4.78 is 0. The van der Waals surface area contributed by atoms with Crippen LogP contribution in [0.5, 0.6) is 0 Å². The van der Waals surface area contributed by atoms with E-state index in [2.05, 4.69) is 22.3 Å². The molecule has 0 aliphatic carbocycles. The van der Waals surface area contributed by atoms with Gasteiger partial charge in [-0.3, -0.25) is 4.79 Å². The molecule has 1 fully saturated rings. The molecular formula is C19H23ClN3O+. The van der Waals surface area contributed by atoms with E-state index in [-0.39, 0.29) is 5.91 Å². The standard InChI is InChI=1S/C19H22ClN3O/c1-15-3-2-4-17(13-15)21-19(24)14-22-9-11-23(12-10-22)18-7-5-16(20)6-8-18/h2-8,13H,9-12,14H2,1H3,(H,21,24)/p+1. The van der Waals surface area contributed by atoms with Gasteiger partial charge in [0, 0.05) is 16.4 Å². The van der Waals surface area contributed by atoms with Crippen molar-refractivity contribution in [2.24, 2.45) is 0 Å². The summed E-state index contributed by atoms with van der Waals surface area (Å²) in [6, 6.07) is 15.9. The molecule has 1 heterocycles. The fourth-order valence-corrected chi connectivity index (χ4v) is 3.19. The number of anilines is 2. The van der Waals surface area contributed by atoms with E-state index in [1.54, 1.807) is 0 Å². The summed E-state index contributed by atoms with van der Waals surface area (Å²) in [4.78, 5) is 15.9. The molecular weight excluding hydrogens is 322 g/mol. The number of rotatable bonds is 4. The van der Waals surface area contributed by atoms with Gasteiger partial charge in [0.05, 0.1) is 26.2 Å². The molecule has 1 amide bonds. The molecule has 0 aromatic heterocycles. The Morgan fingerprint density at radius 1 is 1.17 bits per heavy atom. The van der Waals surface area contributed by atoms with Crippen LogP contribution in [0.15, 0.2) is 48.5 Å². The molecule has 2 aromatic carbocycles. The molecule has 4 nitrogen and oxygen atoms in total. The summed E-state index contributed by atoms with van der Waals surface area (Å²) in [6.07, 6.45) is 0. The predicted octanol–water partition coefficient (Wildman–Crippen LogP) is 1.99. The molecule has 2 aromatic rings. The lowest BCUT2D eigenvalue weighted by Crippen LogP contribution is -3.15. The van der Waals surface area contributed by atoms with Crippen molar-refractivity contribution in [3.63, 3.8) is 0 Å². The van der Waals surface area contributed by atoms with Gasteiger partial charge in [0.15, 0.2) is 6.54 Å². The number of aryl methyl sites for hydroxylation is 1. The van der Waals surface area contributed by atoms with Crippen molar-refractivity contribution in [3.05, 3.63) is 59.1 Å². The number of quaternary nitrogens is 1. The van der Waals surface area contributed by atoms with Gasteiger partial charge in [0.25, 0.3) is 5.91 Å². The quantitative estimate of drug-likeness (QED) is 0.890. The Kier molecular flexibility index (Phi) is 5.38. The van der Waals surface area contributed by atoms with Crippen LogP contribution < -0.4 is 15.1 Å². The molecule has 126 valence electrons. The summed E-state index contributed by atoms with van der Waals surface area (Å²) in [5, 5.41) is 3.75. The summed E-state index contributed by atoms with van der Waals surface area (Å²) in [5.74, 6) is 0.0792. The number of benzene rings is 2. The Labute approximate surface area is 148 Å². The average Bonchev–Trinajstić information content (AvgIpc) is 2.56. The van der Waals surface area contributed by atoms with Crippen LogP contribution in [0, 0.1) is 6.92 Å². The minimum absolute atomic E-state index is 0.0792. The largest absolute Gasteiger partial charge is 0.360 e. The number of nitrogens with zero attached hydrogens (tertiary/aromatic N) is 1. The van der Waals surface area contributed by atoms with Crippen LogP contribution in [0.1, 0.15) is 5.56 Å². The van der Waals surface area contributed by atoms with Crippen molar-refractivity contribution in [3.8, 4) is 0 Å². The molecule has 24 heavy (non-hydrogen) atoms. The van der Waals surface area contributed by atoms with Crippen LogP contribution >= 0.6 is 11.6 Å². The zero-order chi connectivity index (χ0) is 16.9. The highest BCUT2D eigenvalue weighted by atomic mass is 35.5. The Hall–Kier alpha value is -2.04. The summed E-state index contributed by atoms with van der Waals surface area (Å²) in [5.41, 5.74) is 3.22. The van der Waals surface area contributed by atoms with Crippen LogP contribution in [0.25, 0.3) is 0 Å². The van der Waals surface area contributed by atoms with Gasteiger partial charge < -0.3 is 15.1 Å². The molecule has 0 saturated carbocycles. The molecule has 1 aliphatic rings. The normalized spacial score (nSPS) is 15.3. The second kappa shape index (κ2) is 7.69. The van der Waals surface area contributed by atoms with Crippen molar-refractivity contribution in [2.75, 3.05) is 42.9 Å². The Bertz CT molecular complexity index is 694. The van der Waals surface area contributed by atoms with Gasteiger partial charge in [-0.25, -0.2) is 0 Å². The number of nitrogens with one attached hydrogen (secondary N) is 2. The predicted molar refractivity (Wildman–Crippen MR) is 99.0 cm³/mol. The fourth-order valence-electron chi connectivity index (χ4n) is 3.06. The van der Waals surface area contributed by atoms with E-state index in [1.807, 2.05) is 43.3 Å². The molecule has 2 N–H and O–H groups in total. The van der Waals surface area contributed by atoms with Gasteiger partial charge in [0.2, 0.25) is 0 Å². The third-order valence-corrected chi connectivity index (χ3v) is 4.63. The van der Waals surface area contributed by atoms with Gasteiger partial charge in [0.1, 0.15) is 0 Å². The fraction of sp³-hybridized carbons (Fsp3) is 0.316. The van der Waals surface area contributed by atoms with E-state index in [0.717, 1.165) is 42.5 Å². The first-order chi connectivity index (χ1) is 11.6. The van der Waals surface area contributed by atoms with E-state index < -0.39 is 0 Å². The molecule has 0 spiro atoms. The third kappa shape index (κ3) is 4.49. The van der Waals surface area contributed by atoms with Crippen LogP contribution in [-0.2, 0) is 4.79 Å². The number of piperazine rings is 1. The maximum Gasteiger partial charge on any atom is 0.279 e. The van der Waals surface area contributed by atoms with Crippen molar-refractivity contribution >= 4 is 28.9 Å². The highest BCUT2D eigenvalue weighted by molar-refractivity contribution is 6.30. The minimum Gasteiger partial charge on any atom is -0.360 e. The number of carbonyl (C=O) groups excluding carboxylic acids is 1. The molecule has 0 unspecified atom stereocenters. The molecule has 5 heteroatoms. The average molecular weight is 345 g/mol. The number of carbonyl (C=O) groups is 1. The molecule has 0 radical (unpaired) electrons. The lowest BCUT2D eigenvalue weighted by atomic mass is 10.2. The smallest absolute Gasteiger partial charge is 0.279 e. The molecule has 0 bridgehead atoms. The monoisotopic (exact) mass is 344 g/mol. The summed E-state index contributed by atoms with van der Waals surface area (Å²) in [6.45, 7) is 6.37. The van der Waals surface area contributed by atoms with Gasteiger partial charge in [-0.1, -0.05) is 23.7 Å². The third-order valence-electron chi connectivity index (χ3n) is 4.37. The SMILES string of the molecule is Cc1cccc(NC(=O)C[NH+]2CCN(c3ccc(Cl)cc3)CC2)c1.